The highest BCUT2D eigenvalue weighted by molar-refractivity contribution is 8.00. The lowest BCUT2D eigenvalue weighted by Gasteiger charge is -2.30. The van der Waals surface area contributed by atoms with Crippen LogP contribution in [0.1, 0.15) is 40.7 Å². The van der Waals surface area contributed by atoms with Gasteiger partial charge in [0.25, 0.3) is 0 Å². The van der Waals surface area contributed by atoms with Gasteiger partial charge in [-0.1, -0.05) is 48.5 Å². The van der Waals surface area contributed by atoms with Crippen molar-refractivity contribution in [1.82, 2.24) is 0 Å². The van der Waals surface area contributed by atoms with Gasteiger partial charge in [0.05, 0.1) is 10.9 Å². The molecule has 1 aliphatic carbocycles. The van der Waals surface area contributed by atoms with Gasteiger partial charge in [-0.25, -0.2) is 4.39 Å². The van der Waals surface area contributed by atoms with Gasteiger partial charge in [0.15, 0.2) is 5.78 Å². The van der Waals surface area contributed by atoms with Gasteiger partial charge in [0, 0.05) is 22.6 Å². The summed E-state index contributed by atoms with van der Waals surface area (Å²) >= 11 is 1.74. The Morgan fingerprint density at radius 2 is 1.67 bits per heavy atom. The SMILES string of the molecule is Cc1ccccc1[C@@H]1Sc2ccccc2NC2=C1C(=O)C[C@H](c1ccc(F)cc1)C2. The highest BCUT2D eigenvalue weighted by atomic mass is 32.2. The summed E-state index contributed by atoms with van der Waals surface area (Å²) in [6.45, 7) is 2.11. The monoisotopic (exact) mass is 415 g/mol. The van der Waals surface area contributed by atoms with Crippen molar-refractivity contribution in [3.63, 3.8) is 0 Å². The molecule has 150 valence electrons. The molecule has 0 unspecified atom stereocenters. The molecule has 5 rings (SSSR count). The molecule has 0 radical (unpaired) electrons. The summed E-state index contributed by atoms with van der Waals surface area (Å²) in [7, 11) is 0. The number of carbonyl (C=O) groups is 1. The lowest BCUT2D eigenvalue weighted by atomic mass is 9.79. The molecule has 0 aromatic heterocycles. The average Bonchev–Trinajstić information content (AvgIpc) is 2.91. The van der Waals surface area contributed by atoms with Gasteiger partial charge in [0.2, 0.25) is 0 Å². The number of Topliss-reactive ketones (excluding diaryl/α,β-unsaturated/α-hetero) is 1. The predicted molar refractivity (Wildman–Crippen MR) is 120 cm³/mol. The zero-order valence-corrected chi connectivity index (χ0v) is 17.5. The lowest BCUT2D eigenvalue weighted by Crippen LogP contribution is -2.24. The fourth-order valence-electron chi connectivity index (χ4n) is 4.45. The molecule has 0 fully saturated rings. The standard InChI is InChI=1S/C26H22FNOS/c1-16-6-2-3-7-20(16)26-25-22(28-21-8-4-5-9-24(21)30-26)14-18(15-23(25)29)17-10-12-19(27)13-11-17/h2-13,18,26,28H,14-15H2,1H3/t18-,26+/m1/s1. The fraction of sp³-hybridized carbons (Fsp3) is 0.192. The minimum atomic E-state index is -0.252. The fourth-order valence-corrected chi connectivity index (χ4v) is 5.89. The van der Waals surface area contributed by atoms with Crippen LogP contribution in [0.5, 0.6) is 0 Å². The quantitative estimate of drug-likeness (QED) is 0.499. The van der Waals surface area contributed by atoms with Crippen molar-refractivity contribution in [3.05, 3.63) is 107 Å². The maximum atomic E-state index is 13.5. The third kappa shape index (κ3) is 3.46. The number of para-hydroxylation sites is 1. The van der Waals surface area contributed by atoms with Crippen molar-refractivity contribution in [3.8, 4) is 0 Å². The highest BCUT2D eigenvalue weighted by Gasteiger charge is 2.36. The lowest BCUT2D eigenvalue weighted by molar-refractivity contribution is -0.116. The van der Waals surface area contributed by atoms with E-state index in [0.717, 1.165) is 33.8 Å². The Balaban J connectivity index is 1.62. The van der Waals surface area contributed by atoms with Crippen molar-refractivity contribution in [2.45, 2.75) is 35.8 Å². The minimum Gasteiger partial charge on any atom is -0.358 e. The summed E-state index contributed by atoms with van der Waals surface area (Å²) in [5, 5.41) is 3.54. The summed E-state index contributed by atoms with van der Waals surface area (Å²) in [5.41, 5.74) is 6.29. The number of aryl methyl sites for hydroxylation is 1. The first kappa shape index (κ1) is 19.1. The van der Waals surface area contributed by atoms with E-state index in [1.807, 2.05) is 24.3 Å². The number of halogens is 1. The van der Waals surface area contributed by atoms with Crippen molar-refractivity contribution >= 4 is 23.2 Å². The first-order chi connectivity index (χ1) is 14.6. The molecule has 0 amide bonds. The van der Waals surface area contributed by atoms with Gasteiger partial charge in [-0.05, 0) is 60.2 Å². The van der Waals surface area contributed by atoms with Gasteiger partial charge in [-0.15, -0.1) is 11.8 Å². The van der Waals surface area contributed by atoms with Crippen LogP contribution in [0, 0.1) is 12.7 Å². The minimum absolute atomic E-state index is 0.0426. The topological polar surface area (TPSA) is 29.1 Å². The molecule has 0 saturated carbocycles. The van der Waals surface area contributed by atoms with Gasteiger partial charge in [0.1, 0.15) is 5.82 Å². The highest BCUT2D eigenvalue weighted by Crippen LogP contribution is 2.51. The van der Waals surface area contributed by atoms with Crippen LogP contribution < -0.4 is 5.32 Å². The van der Waals surface area contributed by atoms with E-state index in [-0.39, 0.29) is 22.8 Å². The number of hydrogen-bond donors (Lipinski definition) is 1. The Morgan fingerprint density at radius 3 is 2.47 bits per heavy atom. The summed E-state index contributed by atoms with van der Waals surface area (Å²) in [6.07, 6.45) is 1.19. The number of benzene rings is 3. The Morgan fingerprint density at radius 1 is 0.933 bits per heavy atom. The molecule has 0 saturated heterocycles. The van der Waals surface area contributed by atoms with Gasteiger partial charge < -0.3 is 5.32 Å². The number of anilines is 1. The van der Waals surface area contributed by atoms with Crippen LogP contribution in [0.25, 0.3) is 0 Å². The molecule has 1 N–H and O–H groups in total. The molecule has 3 aromatic carbocycles. The molecular weight excluding hydrogens is 393 g/mol. The number of carbonyl (C=O) groups excluding carboxylic acids is 1. The van der Waals surface area contributed by atoms with Crippen LogP contribution in [0.15, 0.2) is 89.0 Å². The smallest absolute Gasteiger partial charge is 0.162 e. The van der Waals surface area contributed by atoms with E-state index in [2.05, 4.69) is 36.5 Å². The van der Waals surface area contributed by atoms with E-state index in [1.54, 1.807) is 23.9 Å². The Bertz CT molecular complexity index is 1150. The van der Waals surface area contributed by atoms with Gasteiger partial charge in [-0.3, -0.25) is 4.79 Å². The summed E-state index contributed by atoms with van der Waals surface area (Å²) in [4.78, 5) is 14.6. The zero-order valence-electron chi connectivity index (χ0n) is 16.7. The third-order valence-corrected chi connectivity index (χ3v) is 7.34. The molecule has 4 heteroatoms. The first-order valence-corrected chi connectivity index (χ1v) is 11.1. The molecule has 1 aliphatic heterocycles. The molecule has 3 aromatic rings. The van der Waals surface area contributed by atoms with Gasteiger partial charge >= 0.3 is 0 Å². The zero-order chi connectivity index (χ0) is 20.7. The van der Waals surface area contributed by atoms with E-state index in [4.69, 9.17) is 0 Å². The molecular formula is C26H22FNOS. The molecule has 2 atom stereocenters. The van der Waals surface area contributed by atoms with Crippen LogP contribution in [-0.2, 0) is 4.79 Å². The van der Waals surface area contributed by atoms with E-state index >= 15 is 0 Å². The number of nitrogens with one attached hydrogen (secondary N) is 1. The number of fused-ring (bicyclic) bond motifs is 1. The molecule has 2 nitrogen and oxygen atoms in total. The van der Waals surface area contributed by atoms with Crippen molar-refractivity contribution in [2.24, 2.45) is 0 Å². The molecule has 0 spiro atoms. The largest absolute Gasteiger partial charge is 0.358 e. The van der Waals surface area contributed by atoms with Crippen molar-refractivity contribution in [2.75, 3.05) is 5.32 Å². The van der Waals surface area contributed by atoms with Crippen molar-refractivity contribution in [1.29, 1.82) is 0 Å². The Kier molecular flexibility index (Phi) is 4.95. The maximum Gasteiger partial charge on any atom is 0.162 e. The number of thioether (sulfide) groups is 1. The molecule has 2 aliphatic rings. The van der Waals surface area contributed by atoms with E-state index in [1.165, 1.54) is 23.3 Å². The maximum absolute atomic E-state index is 13.5. The number of ketones is 1. The van der Waals surface area contributed by atoms with Gasteiger partial charge in [-0.2, -0.15) is 0 Å². The summed E-state index contributed by atoms with van der Waals surface area (Å²) in [6, 6.07) is 23.1. The number of allylic oxidation sites excluding steroid dienone is 1. The molecule has 1 heterocycles. The second-order valence-corrected chi connectivity index (χ2v) is 9.09. The summed E-state index contributed by atoms with van der Waals surface area (Å²) in [5.74, 6) is -0.0258. The normalized spacial score (nSPS) is 20.8. The van der Waals surface area contributed by atoms with E-state index in [0.29, 0.717) is 6.42 Å². The predicted octanol–water partition coefficient (Wildman–Crippen LogP) is 6.79. The third-order valence-electron chi connectivity index (χ3n) is 6.00. The average molecular weight is 416 g/mol. The van der Waals surface area contributed by atoms with Crippen LogP contribution >= 0.6 is 11.8 Å². The second kappa shape index (κ2) is 7.77. The second-order valence-electron chi connectivity index (χ2n) is 7.95. The number of rotatable bonds is 2. The van der Waals surface area contributed by atoms with E-state index < -0.39 is 0 Å². The van der Waals surface area contributed by atoms with Crippen LogP contribution in [-0.4, -0.2) is 5.78 Å². The van der Waals surface area contributed by atoms with Crippen LogP contribution in [0.4, 0.5) is 10.1 Å². The first-order valence-electron chi connectivity index (χ1n) is 10.2. The summed E-state index contributed by atoms with van der Waals surface area (Å²) < 4.78 is 13.4. The molecule has 0 bridgehead atoms. The van der Waals surface area contributed by atoms with Crippen LogP contribution in [0.2, 0.25) is 0 Å². The van der Waals surface area contributed by atoms with E-state index in [9.17, 15) is 9.18 Å². The Labute approximate surface area is 180 Å². The van der Waals surface area contributed by atoms with Crippen LogP contribution in [0.3, 0.4) is 0 Å². The number of hydrogen-bond acceptors (Lipinski definition) is 3. The van der Waals surface area contributed by atoms with Crippen molar-refractivity contribution < 1.29 is 9.18 Å². The molecule has 30 heavy (non-hydrogen) atoms. The Hall–Kier alpha value is -2.85.